The second-order valence-corrected chi connectivity index (χ2v) is 11.2. The van der Waals surface area contributed by atoms with Crippen LogP contribution in [0.1, 0.15) is 48.8 Å². The fraction of sp³-hybridized carbons (Fsp3) is 0.400. The molecule has 1 aromatic carbocycles. The molecule has 0 radical (unpaired) electrons. The summed E-state index contributed by atoms with van der Waals surface area (Å²) in [4.78, 5) is 45.1. The van der Waals surface area contributed by atoms with Gasteiger partial charge in [-0.05, 0) is 68.5 Å². The summed E-state index contributed by atoms with van der Waals surface area (Å²) in [6, 6.07) is 7.37. The van der Waals surface area contributed by atoms with Crippen LogP contribution in [0.3, 0.4) is 0 Å². The van der Waals surface area contributed by atoms with Crippen molar-refractivity contribution in [3.8, 4) is 17.0 Å². The van der Waals surface area contributed by atoms with Gasteiger partial charge in [0.25, 0.3) is 5.91 Å². The summed E-state index contributed by atoms with van der Waals surface area (Å²) in [5, 5.41) is 45.4. The van der Waals surface area contributed by atoms with Crippen molar-refractivity contribution in [2.24, 2.45) is 17.6 Å². The number of rotatable bonds is 4. The Hall–Kier alpha value is -4.02. The third-order valence-electron chi connectivity index (χ3n) is 8.93. The number of benzene rings is 1. The number of ketones is 2. The second kappa shape index (κ2) is 9.57. The number of aromatic hydroxyl groups is 1. The predicted molar refractivity (Wildman–Crippen MR) is 144 cm³/mol. The van der Waals surface area contributed by atoms with E-state index in [0.29, 0.717) is 23.4 Å². The molecule has 10 heteroatoms. The normalized spacial score (nSPS) is 26.8. The van der Waals surface area contributed by atoms with E-state index in [9.17, 15) is 34.8 Å². The fourth-order valence-electron chi connectivity index (χ4n) is 6.97. The molecule has 0 bridgehead atoms. The topological polar surface area (TPSA) is 174 Å². The van der Waals surface area contributed by atoms with Gasteiger partial charge in [0.1, 0.15) is 22.8 Å². The van der Waals surface area contributed by atoms with Crippen molar-refractivity contribution in [2.45, 2.75) is 50.7 Å². The molecule has 6 N–H and O–H groups in total. The number of primary amides is 1. The number of aliphatic hydroxyl groups excluding tert-OH is 2. The van der Waals surface area contributed by atoms with E-state index < -0.39 is 52.0 Å². The monoisotopic (exact) mass is 545 g/mol. The van der Waals surface area contributed by atoms with Crippen LogP contribution < -0.4 is 5.73 Å². The number of phenolic OH excluding ortho intramolecular Hbond substituents is 1. The van der Waals surface area contributed by atoms with Crippen LogP contribution in [0, 0.1) is 11.8 Å². The molecule has 4 aliphatic rings. The van der Waals surface area contributed by atoms with Gasteiger partial charge in [0, 0.05) is 41.8 Å². The van der Waals surface area contributed by atoms with E-state index in [4.69, 9.17) is 5.73 Å². The summed E-state index contributed by atoms with van der Waals surface area (Å²) < 4.78 is 0. The first-order valence-electron chi connectivity index (χ1n) is 13.6. The molecule has 6 rings (SSSR count). The Balaban J connectivity index is 1.53. The van der Waals surface area contributed by atoms with Crippen LogP contribution in [0.5, 0.6) is 5.75 Å². The van der Waals surface area contributed by atoms with Gasteiger partial charge in [-0.3, -0.25) is 24.3 Å². The van der Waals surface area contributed by atoms with E-state index >= 15 is 0 Å². The number of piperidine rings is 1. The minimum atomic E-state index is -2.58. The van der Waals surface area contributed by atoms with Crippen molar-refractivity contribution in [3.05, 3.63) is 64.1 Å². The molecule has 40 heavy (non-hydrogen) atoms. The molecule has 3 atom stereocenters. The Morgan fingerprint density at radius 3 is 2.52 bits per heavy atom. The summed E-state index contributed by atoms with van der Waals surface area (Å²) >= 11 is 0. The molecule has 10 nitrogen and oxygen atoms in total. The van der Waals surface area contributed by atoms with Gasteiger partial charge in [-0.2, -0.15) is 0 Å². The molecule has 1 amide bonds. The van der Waals surface area contributed by atoms with Crippen LogP contribution in [-0.4, -0.2) is 66.5 Å². The lowest BCUT2D eigenvalue weighted by Gasteiger charge is -2.46. The number of aromatic nitrogens is 1. The highest BCUT2D eigenvalue weighted by Gasteiger charge is 2.60. The molecule has 2 heterocycles. The molecule has 2 fully saturated rings. The van der Waals surface area contributed by atoms with Gasteiger partial charge in [-0.1, -0.05) is 12.5 Å². The highest BCUT2D eigenvalue weighted by Crippen LogP contribution is 2.53. The van der Waals surface area contributed by atoms with Gasteiger partial charge in [0.15, 0.2) is 11.4 Å². The van der Waals surface area contributed by atoms with Crippen molar-refractivity contribution in [1.29, 1.82) is 0 Å². The molecular weight excluding hydrogens is 514 g/mol. The van der Waals surface area contributed by atoms with Crippen molar-refractivity contribution in [2.75, 3.05) is 13.1 Å². The van der Waals surface area contributed by atoms with E-state index in [-0.39, 0.29) is 36.1 Å². The van der Waals surface area contributed by atoms with Gasteiger partial charge in [-0.25, -0.2) is 0 Å². The Kier molecular flexibility index (Phi) is 6.27. The number of nitrogens with zero attached hydrogens (tertiary/aromatic N) is 2. The van der Waals surface area contributed by atoms with Crippen molar-refractivity contribution < 1.29 is 34.8 Å². The molecule has 1 aromatic heterocycles. The number of hydrogen-bond donors (Lipinski definition) is 5. The van der Waals surface area contributed by atoms with Crippen LogP contribution in [0.2, 0.25) is 0 Å². The summed E-state index contributed by atoms with van der Waals surface area (Å²) in [6.45, 7) is 2.20. The van der Waals surface area contributed by atoms with Crippen LogP contribution in [0.25, 0.3) is 17.0 Å². The summed E-state index contributed by atoms with van der Waals surface area (Å²) in [7, 11) is 0. The maximum Gasteiger partial charge on any atom is 0.255 e. The average Bonchev–Trinajstić information content (AvgIpc) is 2.93. The number of Topliss-reactive ketones (excluding diaryl/α,β-unsaturated/α-hetero) is 2. The third-order valence-corrected chi connectivity index (χ3v) is 8.93. The zero-order chi connectivity index (χ0) is 28.3. The molecule has 1 saturated carbocycles. The summed E-state index contributed by atoms with van der Waals surface area (Å²) in [6.07, 6.45) is 4.88. The molecule has 2 aromatic rings. The van der Waals surface area contributed by atoms with Gasteiger partial charge < -0.3 is 26.2 Å². The van der Waals surface area contributed by atoms with Gasteiger partial charge in [0.2, 0.25) is 5.78 Å². The Labute approximate surface area is 230 Å². The smallest absolute Gasteiger partial charge is 0.255 e. The summed E-state index contributed by atoms with van der Waals surface area (Å²) in [5.41, 5.74) is 4.41. The molecule has 0 spiro atoms. The number of carbonyl (C=O) groups is 3. The first-order chi connectivity index (χ1) is 19.1. The Bertz CT molecular complexity index is 1510. The zero-order valence-electron chi connectivity index (χ0n) is 21.9. The highest BCUT2D eigenvalue weighted by molar-refractivity contribution is 6.22. The highest BCUT2D eigenvalue weighted by atomic mass is 16.3. The molecule has 3 aliphatic carbocycles. The zero-order valence-corrected chi connectivity index (χ0v) is 21.9. The average molecular weight is 546 g/mol. The number of aliphatic hydroxyl groups is 3. The van der Waals surface area contributed by atoms with Gasteiger partial charge in [0.05, 0.1) is 11.3 Å². The van der Waals surface area contributed by atoms with E-state index in [2.05, 4.69) is 9.88 Å². The fourth-order valence-corrected chi connectivity index (χ4v) is 6.97. The quantitative estimate of drug-likeness (QED) is 0.362. The number of carbonyl (C=O) groups excluding carboxylic acids is 3. The number of nitrogens with two attached hydrogens (primary N) is 1. The van der Waals surface area contributed by atoms with Crippen LogP contribution in [0.15, 0.2) is 47.4 Å². The lowest BCUT2D eigenvalue weighted by molar-refractivity contribution is -0.147. The van der Waals surface area contributed by atoms with Crippen LogP contribution in [0.4, 0.5) is 0 Å². The molecule has 208 valence electrons. The van der Waals surface area contributed by atoms with E-state index in [1.165, 1.54) is 0 Å². The van der Waals surface area contributed by atoms with Gasteiger partial charge >= 0.3 is 0 Å². The minimum Gasteiger partial charge on any atom is -0.508 e. The lowest BCUT2D eigenvalue weighted by atomic mass is 9.59. The number of hydrogen-bond acceptors (Lipinski definition) is 9. The maximum atomic E-state index is 13.9. The predicted octanol–water partition coefficient (Wildman–Crippen LogP) is 2.47. The largest absolute Gasteiger partial charge is 0.508 e. The standard InChI is InChI=1S/C30H31N3O7/c31-29(39)24-21(34)13-17-10-15-11-19-18(20-6-2-3-7-32-20)12-16(14-33-8-4-1-5-9-33)25(35)23(19)26(36)22(15)27(37)30(17,40)28(24)38/h2-3,6-7,12,15,17,35-36,38,40H,1,4-5,8-11,13-14H2,(H2,31,39). The van der Waals surface area contributed by atoms with Crippen LogP contribution in [-0.2, 0) is 27.3 Å². The molecule has 1 saturated heterocycles. The number of phenols is 1. The molecular formula is C30H31N3O7. The third kappa shape index (κ3) is 3.85. The number of likely N-dealkylation sites (tertiary alicyclic amines) is 1. The van der Waals surface area contributed by atoms with Crippen LogP contribution >= 0.6 is 0 Å². The van der Waals surface area contributed by atoms with Crippen molar-refractivity contribution in [1.82, 2.24) is 9.88 Å². The van der Waals surface area contributed by atoms with Crippen molar-refractivity contribution >= 4 is 23.2 Å². The number of fused-ring (bicyclic) bond motifs is 3. The summed E-state index contributed by atoms with van der Waals surface area (Å²) in [5.74, 6) is -6.30. The Morgan fingerprint density at radius 2 is 1.85 bits per heavy atom. The molecule has 3 unspecified atom stereocenters. The Morgan fingerprint density at radius 1 is 1.10 bits per heavy atom. The van der Waals surface area contributed by atoms with Gasteiger partial charge in [-0.15, -0.1) is 0 Å². The van der Waals surface area contributed by atoms with E-state index in [1.807, 2.05) is 18.2 Å². The number of pyridine rings is 1. The molecule has 1 aliphatic heterocycles. The van der Waals surface area contributed by atoms with E-state index in [0.717, 1.165) is 37.9 Å². The second-order valence-electron chi connectivity index (χ2n) is 11.2. The first kappa shape index (κ1) is 26.2. The lowest BCUT2D eigenvalue weighted by Crippen LogP contribution is -2.58. The minimum absolute atomic E-state index is 0.0842. The maximum absolute atomic E-state index is 13.9. The van der Waals surface area contributed by atoms with Crippen molar-refractivity contribution in [3.63, 3.8) is 0 Å². The SMILES string of the molecule is NC(=O)C1=C(O)C2(O)C(=O)C3=C(O)c4c(O)c(CN5CCCCC5)cc(-c5ccccn5)c4CC3CC2CC1=O. The van der Waals surface area contributed by atoms with E-state index in [1.54, 1.807) is 12.3 Å². The number of amides is 1. The first-order valence-corrected chi connectivity index (χ1v) is 13.6.